The van der Waals surface area contributed by atoms with Crippen LogP contribution in [0, 0.1) is 0 Å². The second-order valence-corrected chi connectivity index (χ2v) is 4.96. The van der Waals surface area contributed by atoms with Crippen molar-refractivity contribution in [3.8, 4) is 0 Å². The molecule has 0 aliphatic carbocycles. The minimum atomic E-state index is -0.208. The molecule has 1 aliphatic heterocycles. The molecule has 1 heterocycles. The number of nitrogens with one attached hydrogen (secondary N) is 1. The van der Waals surface area contributed by atoms with Gasteiger partial charge in [0, 0.05) is 26.2 Å². The topological polar surface area (TPSA) is 64.4 Å². The fraction of sp³-hybridized carbons (Fsp3) is 0.923. The van der Waals surface area contributed by atoms with Crippen LogP contribution in [0.1, 0.15) is 51.9 Å². The van der Waals surface area contributed by atoms with Crippen molar-refractivity contribution >= 4 is 5.91 Å². The van der Waals surface area contributed by atoms with Crippen molar-refractivity contribution in [1.82, 2.24) is 5.32 Å². The van der Waals surface area contributed by atoms with Crippen LogP contribution in [0.2, 0.25) is 0 Å². The molecule has 0 saturated carbocycles. The molecule has 1 aliphatic rings. The molecule has 0 atom stereocenters. The van der Waals surface area contributed by atoms with Crippen molar-refractivity contribution in [3.63, 3.8) is 0 Å². The molecular weight excluding hydrogens is 216 g/mol. The van der Waals surface area contributed by atoms with Gasteiger partial charge in [-0.25, -0.2) is 0 Å². The van der Waals surface area contributed by atoms with Crippen LogP contribution in [0.15, 0.2) is 0 Å². The third kappa shape index (κ3) is 5.04. The molecule has 4 heteroatoms. The van der Waals surface area contributed by atoms with Crippen molar-refractivity contribution < 1.29 is 9.53 Å². The number of carbonyl (C=O) groups is 1. The largest absolute Gasteiger partial charge is 0.381 e. The van der Waals surface area contributed by atoms with E-state index in [0.717, 1.165) is 25.7 Å². The summed E-state index contributed by atoms with van der Waals surface area (Å²) in [5.74, 6) is 0.147. The third-order valence-corrected chi connectivity index (χ3v) is 3.50. The van der Waals surface area contributed by atoms with Gasteiger partial charge in [-0.05, 0) is 19.3 Å². The molecule has 0 spiro atoms. The lowest BCUT2D eigenvalue weighted by Crippen LogP contribution is -2.56. The lowest BCUT2D eigenvalue weighted by atomic mass is 9.90. The number of ether oxygens (including phenoxy) is 1. The first kappa shape index (κ1) is 14.5. The Hall–Kier alpha value is -0.610. The molecule has 0 bridgehead atoms. The van der Waals surface area contributed by atoms with Crippen molar-refractivity contribution in [2.75, 3.05) is 19.8 Å². The van der Waals surface area contributed by atoms with Gasteiger partial charge >= 0.3 is 0 Å². The maximum Gasteiger partial charge on any atom is 0.220 e. The monoisotopic (exact) mass is 242 g/mol. The molecule has 0 aromatic rings. The molecule has 1 fully saturated rings. The highest BCUT2D eigenvalue weighted by Gasteiger charge is 2.32. The standard InChI is InChI=1S/C13H26N2O2/c1-2-3-4-5-6-12(16)15-13(11-14)7-9-17-10-8-13/h2-11,14H2,1H3,(H,15,16). The SMILES string of the molecule is CCCCCCC(=O)NC1(CN)CCOCC1. The van der Waals surface area contributed by atoms with Crippen molar-refractivity contribution in [2.45, 2.75) is 57.4 Å². The van der Waals surface area contributed by atoms with Gasteiger partial charge < -0.3 is 15.8 Å². The van der Waals surface area contributed by atoms with Gasteiger partial charge in [-0.3, -0.25) is 4.79 Å². The van der Waals surface area contributed by atoms with E-state index in [1.807, 2.05) is 0 Å². The summed E-state index contributed by atoms with van der Waals surface area (Å²) in [6.45, 7) is 4.09. The Morgan fingerprint density at radius 2 is 2.00 bits per heavy atom. The van der Waals surface area contributed by atoms with Gasteiger partial charge in [-0.1, -0.05) is 26.2 Å². The molecule has 0 aromatic heterocycles. The Kier molecular flexibility index (Phi) is 6.52. The van der Waals surface area contributed by atoms with E-state index in [2.05, 4.69) is 12.2 Å². The average molecular weight is 242 g/mol. The maximum atomic E-state index is 11.8. The summed E-state index contributed by atoms with van der Waals surface area (Å²) >= 11 is 0. The Morgan fingerprint density at radius 1 is 1.29 bits per heavy atom. The highest BCUT2D eigenvalue weighted by atomic mass is 16.5. The lowest BCUT2D eigenvalue weighted by molar-refractivity contribution is -0.124. The number of carbonyl (C=O) groups excluding carboxylic acids is 1. The minimum Gasteiger partial charge on any atom is -0.381 e. The van der Waals surface area contributed by atoms with Gasteiger partial charge in [0.05, 0.1) is 5.54 Å². The highest BCUT2D eigenvalue weighted by molar-refractivity contribution is 5.76. The summed E-state index contributed by atoms with van der Waals surface area (Å²) in [5, 5.41) is 3.12. The first-order valence-corrected chi connectivity index (χ1v) is 6.81. The van der Waals surface area contributed by atoms with Gasteiger partial charge in [0.2, 0.25) is 5.91 Å². The molecular formula is C13H26N2O2. The Labute approximate surface area is 104 Å². The molecule has 1 saturated heterocycles. The summed E-state index contributed by atoms with van der Waals surface area (Å²) < 4.78 is 5.31. The highest BCUT2D eigenvalue weighted by Crippen LogP contribution is 2.19. The van der Waals surface area contributed by atoms with E-state index in [1.165, 1.54) is 12.8 Å². The Balaban J connectivity index is 2.27. The smallest absolute Gasteiger partial charge is 0.220 e. The van der Waals surface area contributed by atoms with Crippen LogP contribution in [0.25, 0.3) is 0 Å². The van der Waals surface area contributed by atoms with Gasteiger partial charge in [0.25, 0.3) is 0 Å². The van der Waals surface area contributed by atoms with Gasteiger partial charge in [-0.2, -0.15) is 0 Å². The molecule has 3 N–H and O–H groups in total. The van der Waals surface area contributed by atoms with Crippen LogP contribution < -0.4 is 11.1 Å². The van der Waals surface area contributed by atoms with E-state index in [0.29, 0.717) is 26.2 Å². The number of hydrogen-bond acceptors (Lipinski definition) is 3. The summed E-state index contributed by atoms with van der Waals surface area (Å²) in [6.07, 6.45) is 6.84. The van der Waals surface area contributed by atoms with E-state index < -0.39 is 0 Å². The zero-order valence-corrected chi connectivity index (χ0v) is 11.0. The number of hydrogen-bond donors (Lipinski definition) is 2. The molecule has 1 rings (SSSR count). The maximum absolute atomic E-state index is 11.8. The van der Waals surface area contributed by atoms with Gasteiger partial charge in [0.15, 0.2) is 0 Å². The van der Waals surface area contributed by atoms with Crippen LogP contribution in [0.3, 0.4) is 0 Å². The lowest BCUT2D eigenvalue weighted by Gasteiger charge is -2.37. The molecule has 100 valence electrons. The summed E-state index contributed by atoms with van der Waals surface area (Å²) in [7, 11) is 0. The predicted octanol–water partition coefficient (Wildman–Crippen LogP) is 1.58. The second-order valence-electron chi connectivity index (χ2n) is 4.96. The average Bonchev–Trinajstić information content (AvgIpc) is 2.36. The van der Waals surface area contributed by atoms with Crippen LogP contribution in [0.4, 0.5) is 0 Å². The minimum absolute atomic E-state index is 0.147. The van der Waals surface area contributed by atoms with E-state index in [4.69, 9.17) is 10.5 Å². The van der Waals surface area contributed by atoms with E-state index in [-0.39, 0.29) is 11.4 Å². The predicted molar refractivity (Wildman–Crippen MR) is 68.7 cm³/mol. The first-order valence-electron chi connectivity index (χ1n) is 6.81. The molecule has 1 amide bonds. The quantitative estimate of drug-likeness (QED) is 0.666. The fourth-order valence-electron chi connectivity index (χ4n) is 2.21. The molecule has 4 nitrogen and oxygen atoms in total. The molecule has 0 aromatic carbocycles. The zero-order chi connectivity index (χ0) is 12.6. The number of amides is 1. The molecule has 17 heavy (non-hydrogen) atoms. The summed E-state index contributed by atoms with van der Waals surface area (Å²) in [5.41, 5.74) is 5.58. The normalized spacial score (nSPS) is 18.9. The van der Waals surface area contributed by atoms with E-state index in [9.17, 15) is 4.79 Å². The number of unbranched alkanes of at least 4 members (excludes halogenated alkanes) is 3. The Morgan fingerprint density at radius 3 is 2.59 bits per heavy atom. The molecule has 0 unspecified atom stereocenters. The van der Waals surface area contributed by atoms with Crippen molar-refractivity contribution in [2.24, 2.45) is 5.73 Å². The van der Waals surface area contributed by atoms with Gasteiger partial charge in [0.1, 0.15) is 0 Å². The van der Waals surface area contributed by atoms with E-state index >= 15 is 0 Å². The summed E-state index contributed by atoms with van der Waals surface area (Å²) in [6, 6.07) is 0. The second kappa shape index (κ2) is 7.67. The fourth-order valence-corrected chi connectivity index (χ4v) is 2.21. The van der Waals surface area contributed by atoms with Crippen molar-refractivity contribution in [3.05, 3.63) is 0 Å². The van der Waals surface area contributed by atoms with Crippen LogP contribution in [-0.2, 0) is 9.53 Å². The molecule has 0 radical (unpaired) electrons. The number of nitrogens with two attached hydrogens (primary N) is 1. The van der Waals surface area contributed by atoms with Crippen LogP contribution >= 0.6 is 0 Å². The van der Waals surface area contributed by atoms with Gasteiger partial charge in [-0.15, -0.1) is 0 Å². The number of rotatable bonds is 7. The van der Waals surface area contributed by atoms with E-state index in [1.54, 1.807) is 0 Å². The van der Waals surface area contributed by atoms with Crippen molar-refractivity contribution in [1.29, 1.82) is 0 Å². The van der Waals surface area contributed by atoms with Crippen LogP contribution in [-0.4, -0.2) is 31.2 Å². The van der Waals surface area contributed by atoms with Crippen LogP contribution in [0.5, 0.6) is 0 Å². The first-order chi connectivity index (χ1) is 8.22. The third-order valence-electron chi connectivity index (χ3n) is 3.50. The zero-order valence-electron chi connectivity index (χ0n) is 11.0. The summed E-state index contributed by atoms with van der Waals surface area (Å²) in [4.78, 5) is 11.8. The Bertz CT molecular complexity index is 225.